The Morgan fingerprint density at radius 1 is 1.23 bits per heavy atom. The molecule has 3 aromatic rings. The number of ketones is 1. The smallest absolute Gasteiger partial charge is 0.173 e. The van der Waals surface area contributed by atoms with E-state index >= 15 is 0 Å². The number of nitrogens with zero attached hydrogens (tertiary/aromatic N) is 3. The zero-order valence-corrected chi connectivity index (χ0v) is 18.1. The van der Waals surface area contributed by atoms with Crippen LogP contribution in [0.25, 0.3) is 11.1 Å². The minimum atomic E-state index is -0.0353. The average molecular weight is 434 g/mol. The molecule has 2 heterocycles. The number of carbonyl (C=O) groups is 1. The molecule has 1 aliphatic rings. The van der Waals surface area contributed by atoms with E-state index in [1.165, 1.54) is 11.8 Å². The molecule has 0 bridgehead atoms. The summed E-state index contributed by atoms with van der Waals surface area (Å²) in [4.78, 5) is 19.7. The number of fused-ring (bicyclic) bond motifs is 1. The van der Waals surface area contributed by atoms with Gasteiger partial charge in [0.25, 0.3) is 0 Å². The lowest BCUT2D eigenvalue weighted by molar-refractivity contribution is 0.102. The Morgan fingerprint density at radius 2 is 2.03 bits per heavy atom. The lowest BCUT2D eigenvalue weighted by Crippen LogP contribution is -2.28. The fourth-order valence-corrected chi connectivity index (χ4v) is 4.77. The first kappa shape index (κ1) is 20.6. The first-order chi connectivity index (χ1) is 14.6. The van der Waals surface area contributed by atoms with Crippen LogP contribution in [0.15, 0.2) is 59.6 Å². The average Bonchev–Trinajstić information content (AvgIpc) is 2.77. The normalized spacial score (nSPS) is 13.5. The summed E-state index contributed by atoms with van der Waals surface area (Å²) >= 11 is 7.34. The molecule has 0 spiro atoms. The van der Waals surface area contributed by atoms with Crippen LogP contribution >= 0.6 is 23.4 Å². The number of pyridine rings is 1. The quantitative estimate of drug-likeness (QED) is 0.407. The van der Waals surface area contributed by atoms with Crippen molar-refractivity contribution in [2.24, 2.45) is 0 Å². The molecule has 0 saturated heterocycles. The van der Waals surface area contributed by atoms with Crippen molar-refractivity contribution in [1.29, 1.82) is 5.26 Å². The van der Waals surface area contributed by atoms with Gasteiger partial charge in [0.1, 0.15) is 11.1 Å². The number of benzene rings is 2. The van der Waals surface area contributed by atoms with Crippen LogP contribution < -0.4 is 0 Å². The van der Waals surface area contributed by atoms with Crippen LogP contribution in [0.1, 0.15) is 27.2 Å². The van der Waals surface area contributed by atoms with E-state index < -0.39 is 0 Å². The van der Waals surface area contributed by atoms with E-state index in [-0.39, 0.29) is 11.5 Å². The molecule has 0 aliphatic carbocycles. The molecule has 0 amide bonds. The summed E-state index contributed by atoms with van der Waals surface area (Å²) in [6.07, 6.45) is 0.827. The van der Waals surface area contributed by atoms with Gasteiger partial charge in [-0.3, -0.25) is 4.79 Å². The number of thioether (sulfide) groups is 1. The number of carbonyl (C=O) groups excluding carboxylic acids is 1. The number of Topliss-reactive ketones (excluding diaryl/α,β-unsaturated/α-hetero) is 1. The number of aromatic nitrogens is 1. The van der Waals surface area contributed by atoms with Gasteiger partial charge in [0.05, 0.1) is 11.3 Å². The van der Waals surface area contributed by atoms with Gasteiger partial charge in [-0.05, 0) is 30.3 Å². The minimum absolute atomic E-state index is 0.0353. The zero-order valence-electron chi connectivity index (χ0n) is 16.6. The monoisotopic (exact) mass is 433 g/mol. The first-order valence-electron chi connectivity index (χ1n) is 9.68. The number of likely N-dealkylation sites (N-methyl/N-ethyl adjacent to an activating group) is 1. The molecule has 0 saturated carbocycles. The van der Waals surface area contributed by atoms with Gasteiger partial charge in [-0.1, -0.05) is 65.8 Å². The summed E-state index contributed by atoms with van der Waals surface area (Å²) in [5, 5.41) is 11.2. The van der Waals surface area contributed by atoms with Crippen molar-refractivity contribution in [3.05, 3.63) is 82.0 Å². The van der Waals surface area contributed by atoms with E-state index in [4.69, 9.17) is 16.6 Å². The highest BCUT2D eigenvalue weighted by molar-refractivity contribution is 8.00. The fourth-order valence-electron chi connectivity index (χ4n) is 3.68. The second-order valence-electron chi connectivity index (χ2n) is 7.28. The maximum atomic E-state index is 12.7. The van der Waals surface area contributed by atoms with Crippen LogP contribution in [0.5, 0.6) is 0 Å². The van der Waals surface area contributed by atoms with Gasteiger partial charge in [-0.15, -0.1) is 0 Å². The van der Waals surface area contributed by atoms with Gasteiger partial charge in [0, 0.05) is 41.4 Å². The van der Waals surface area contributed by atoms with E-state index in [2.05, 4.69) is 18.0 Å². The molecule has 0 fully saturated rings. The molecule has 0 N–H and O–H groups in total. The van der Waals surface area contributed by atoms with Crippen LogP contribution in [0, 0.1) is 11.3 Å². The second-order valence-corrected chi connectivity index (χ2v) is 8.68. The standard InChI is InChI=1S/C24H20ClN3OS/c1-28-11-10-21-20(14-28)23(16-6-3-2-4-7-16)19(13-26)24(27-21)30-15-22(29)17-8-5-9-18(25)12-17/h2-9,12H,10-11,14-15H2,1H3. The maximum Gasteiger partial charge on any atom is 0.173 e. The summed E-state index contributed by atoms with van der Waals surface area (Å²) in [6, 6.07) is 19.3. The van der Waals surface area contributed by atoms with Crippen LogP contribution in [0.4, 0.5) is 0 Å². The lowest BCUT2D eigenvalue weighted by Gasteiger charge is -2.28. The van der Waals surface area contributed by atoms with Gasteiger partial charge in [-0.25, -0.2) is 4.98 Å². The third kappa shape index (κ3) is 4.27. The van der Waals surface area contributed by atoms with Gasteiger partial charge in [0.15, 0.2) is 5.78 Å². The van der Waals surface area contributed by atoms with Gasteiger partial charge >= 0.3 is 0 Å². The van der Waals surface area contributed by atoms with Crippen molar-refractivity contribution in [3.63, 3.8) is 0 Å². The molecule has 0 atom stereocenters. The van der Waals surface area contributed by atoms with Crippen molar-refractivity contribution in [3.8, 4) is 17.2 Å². The molecule has 4 nitrogen and oxygen atoms in total. The van der Waals surface area contributed by atoms with Crippen molar-refractivity contribution in [2.75, 3.05) is 19.3 Å². The number of halogens is 1. The minimum Gasteiger partial charge on any atom is -0.302 e. The van der Waals surface area contributed by atoms with E-state index in [1.54, 1.807) is 24.3 Å². The van der Waals surface area contributed by atoms with E-state index in [1.807, 2.05) is 30.3 Å². The molecule has 2 aromatic carbocycles. The summed E-state index contributed by atoms with van der Waals surface area (Å²) in [5.41, 5.74) is 5.18. The van der Waals surface area contributed by atoms with Crippen molar-refractivity contribution in [1.82, 2.24) is 9.88 Å². The van der Waals surface area contributed by atoms with E-state index in [0.29, 0.717) is 21.2 Å². The lowest BCUT2D eigenvalue weighted by atomic mass is 9.92. The van der Waals surface area contributed by atoms with Crippen molar-refractivity contribution in [2.45, 2.75) is 18.0 Å². The predicted molar refractivity (Wildman–Crippen MR) is 121 cm³/mol. The first-order valence-corrected chi connectivity index (χ1v) is 11.0. The highest BCUT2D eigenvalue weighted by atomic mass is 35.5. The Hall–Kier alpha value is -2.65. The Bertz CT molecular complexity index is 1140. The van der Waals surface area contributed by atoms with Crippen LogP contribution in [0.2, 0.25) is 5.02 Å². The Morgan fingerprint density at radius 3 is 2.77 bits per heavy atom. The van der Waals surface area contributed by atoms with Gasteiger partial charge in [0.2, 0.25) is 0 Å². The van der Waals surface area contributed by atoms with E-state index in [9.17, 15) is 10.1 Å². The van der Waals surface area contributed by atoms with E-state index in [0.717, 1.165) is 41.9 Å². The third-order valence-corrected chi connectivity index (χ3v) is 6.38. The highest BCUT2D eigenvalue weighted by Gasteiger charge is 2.25. The Balaban J connectivity index is 1.73. The SMILES string of the molecule is CN1CCc2nc(SCC(=O)c3cccc(Cl)c3)c(C#N)c(-c3ccccc3)c2C1. The van der Waals surface area contributed by atoms with Crippen LogP contribution in [-0.4, -0.2) is 35.0 Å². The highest BCUT2D eigenvalue weighted by Crippen LogP contribution is 2.37. The molecule has 4 rings (SSSR count). The van der Waals surface area contributed by atoms with Crippen LogP contribution in [-0.2, 0) is 13.0 Å². The molecule has 0 unspecified atom stereocenters. The summed E-state index contributed by atoms with van der Waals surface area (Å²) in [5.74, 6) is 0.168. The number of rotatable bonds is 5. The number of nitriles is 1. The number of hydrogen-bond donors (Lipinski definition) is 0. The molecule has 0 radical (unpaired) electrons. The molecule has 1 aliphatic heterocycles. The summed E-state index contributed by atoms with van der Waals surface area (Å²) < 4.78 is 0. The molecule has 1 aromatic heterocycles. The number of hydrogen-bond acceptors (Lipinski definition) is 5. The Labute approximate surface area is 185 Å². The predicted octanol–water partition coefficient (Wildman–Crippen LogP) is 5.24. The topological polar surface area (TPSA) is 57.0 Å². The Kier molecular flexibility index (Phi) is 6.19. The molecular formula is C24H20ClN3OS. The van der Waals surface area contributed by atoms with Crippen LogP contribution in [0.3, 0.4) is 0 Å². The molecule has 150 valence electrons. The fraction of sp³-hybridized carbons (Fsp3) is 0.208. The second kappa shape index (κ2) is 9.01. The third-order valence-electron chi connectivity index (χ3n) is 5.17. The van der Waals surface area contributed by atoms with Crippen molar-refractivity contribution < 1.29 is 4.79 Å². The molecular weight excluding hydrogens is 414 g/mol. The zero-order chi connectivity index (χ0) is 21.1. The van der Waals surface area contributed by atoms with Gasteiger partial charge in [-0.2, -0.15) is 5.26 Å². The molecule has 30 heavy (non-hydrogen) atoms. The van der Waals surface area contributed by atoms with Crippen molar-refractivity contribution >= 4 is 29.1 Å². The summed E-state index contributed by atoms with van der Waals surface area (Å²) in [6.45, 7) is 1.68. The maximum absolute atomic E-state index is 12.7. The molecule has 6 heteroatoms. The largest absolute Gasteiger partial charge is 0.302 e. The van der Waals surface area contributed by atoms with Gasteiger partial charge < -0.3 is 4.90 Å². The summed E-state index contributed by atoms with van der Waals surface area (Å²) in [7, 11) is 2.08.